The molecule has 1 aromatic carbocycles. The summed E-state index contributed by atoms with van der Waals surface area (Å²) < 4.78 is 37.2. The molecular formula is C21H23N3O5S. The van der Waals surface area contributed by atoms with Gasteiger partial charge in [0.05, 0.1) is 17.7 Å². The first-order valence-electron chi connectivity index (χ1n) is 9.34. The van der Waals surface area contributed by atoms with Crippen LogP contribution in [0.15, 0.2) is 56.5 Å². The summed E-state index contributed by atoms with van der Waals surface area (Å²) in [5.41, 5.74) is 1.87. The Morgan fingerprint density at radius 1 is 1.20 bits per heavy atom. The number of anilines is 1. The van der Waals surface area contributed by atoms with E-state index in [1.165, 1.54) is 17.6 Å². The second kappa shape index (κ2) is 9.10. The normalized spacial score (nSPS) is 12.0. The Hall–Kier alpha value is -3.17. The lowest BCUT2D eigenvalue weighted by Gasteiger charge is -2.16. The maximum Gasteiger partial charge on any atom is 0.243 e. The number of rotatable bonds is 8. The molecule has 30 heavy (non-hydrogen) atoms. The van der Waals surface area contributed by atoms with Crippen LogP contribution >= 0.6 is 0 Å². The zero-order chi connectivity index (χ0) is 21.7. The topological polar surface area (TPSA) is 106 Å². The van der Waals surface area contributed by atoms with Gasteiger partial charge in [0.2, 0.25) is 15.9 Å². The zero-order valence-corrected chi connectivity index (χ0v) is 17.8. The van der Waals surface area contributed by atoms with Crippen LogP contribution < -0.4 is 5.32 Å². The molecule has 0 atom stereocenters. The van der Waals surface area contributed by atoms with E-state index in [1.54, 1.807) is 62.4 Å². The van der Waals surface area contributed by atoms with Gasteiger partial charge in [0, 0.05) is 13.5 Å². The van der Waals surface area contributed by atoms with Gasteiger partial charge in [0.1, 0.15) is 17.1 Å². The molecule has 9 heteroatoms. The molecule has 0 saturated heterocycles. The first-order chi connectivity index (χ1) is 14.3. The Morgan fingerprint density at radius 2 is 1.93 bits per heavy atom. The summed E-state index contributed by atoms with van der Waals surface area (Å²) in [5.74, 6) is 0.849. The van der Waals surface area contributed by atoms with Gasteiger partial charge in [0.25, 0.3) is 0 Å². The molecule has 2 aromatic heterocycles. The quantitative estimate of drug-likeness (QED) is 0.582. The van der Waals surface area contributed by atoms with Gasteiger partial charge in [-0.15, -0.1) is 0 Å². The number of aryl methyl sites for hydroxylation is 1. The molecule has 158 valence electrons. The van der Waals surface area contributed by atoms with Gasteiger partial charge in [-0.1, -0.05) is 30.3 Å². The summed E-state index contributed by atoms with van der Waals surface area (Å²) in [7, 11) is -2.14. The monoisotopic (exact) mass is 429 g/mol. The summed E-state index contributed by atoms with van der Waals surface area (Å²) in [6.07, 6.45) is 5.28. The molecule has 8 nitrogen and oxygen atoms in total. The van der Waals surface area contributed by atoms with Gasteiger partial charge >= 0.3 is 0 Å². The third-order valence-electron chi connectivity index (χ3n) is 4.45. The average molecular weight is 429 g/mol. The highest BCUT2D eigenvalue weighted by molar-refractivity contribution is 7.89. The lowest BCUT2D eigenvalue weighted by Crippen LogP contribution is -2.26. The largest absolute Gasteiger partial charge is 0.468 e. The second-order valence-corrected chi connectivity index (χ2v) is 8.70. The molecular weight excluding hydrogens is 406 g/mol. The van der Waals surface area contributed by atoms with E-state index in [4.69, 9.17) is 8.94 Å². The van der Waals surface area contributed by atoms with Crippen molar-refractivity contribution in [2.75, 3.05) is 12.4 Å². The Labute approximate surface area is 175 Å². The van der Waals surface area contributed by atoms with Crippen molar-refractivity contribution in [3.8, 4) is 0 Å². The molecule has 0 saturated carbocycles. The minimum absolute atomic E-state index is 0.135. The van der Waals surface area contributed by atoms with Crippen molar-refractivity contribution in [3.05, 3.63) is 65.4 Å². The van der Waals surface area contributed by atoms with Crippen molar-refractivity contribution in [1.82, 2.24) is 9.46 Å². The van der Waals surface area contributed by atoms with Crippen LogP contribution in [0.5, 0.6) is 0 Å². The minimum atomic E-state index is -3.65. The third-order valence-corrected chi connectivity index (χ3v) is 6.27. The van der Waals surface area contributed by atoms with Gasteiger partial charge < -0.3 is 14.3 Å². The van der Waals surface area contributed by atoms with Crippen LogP contribution in [-0.4, -0.2) is 30.8 Å². The van der Waals surface area contributed by atoms with Crippen LogP contribution in [-0.2, 0) is 21.4 Å². The Bertz CT molecular complexity index is 1130. The van der Waals surface area contributed by atoms with Crippen LogP contribution in [0.3, 0.4) is 0 Å². The maximum atomic E-state index is 12.7. The molecule has 0 aliphatic rings. The standard InChI is InChI=1S/C21H23N3O5S/c1-4-20(25)22-21-15(2)23-29-19(21)12-9-16-7-10-18(11-8-16)30(26,27)24(3)14-17-6-5-13-28-17/h5-13H,4,14H2,1-3H3,(H,22,25)/b12-9-. The summed E-state index contributed by atoms with van der Waals surface area (Å²) in [6, 6.07) is 9.90. The van der Waals surface area contributed by atoms with E-state index in [-0.39, 0.29) is 17.3 Å². The van der Waals surface area contributed by atoms with Crippen molar-refractivity contribution in [2.24, 2.45) is 0 Å². The van der Waals surface area contributed by atoms with Gasteiger partial charge in [-0.25, -0.2) is 8.42 Å². The number of aromatic nitrogens is 1. The van der Waals surface area contributed by atoms with E-state index < -0.39 is 10.0 Å². The average Bonchev–Trinajstić information content (AvgIpc) is 3.37. The summed E-state index contributed by atoms with van der Waals surface area (Å²) >= 11 is 0. The predicted octanol–water partition coefficient (Wildman–Crippen LogP) is 3.92. The maximum absolute atomic E-state index is 12.7. The van der Waals surface area contributed by atoms with E-state index in [2.05, 4.69) is 10.5 Å². The van der Waals surface area contributed by atoms with E-state index in [1.807, 2.05) is 0 Å². The van der Waals surface area contributed by atoms with Crippen LogP contribution in [0, 0.1) is 6.92 Å². The number of benzene rings is 1. The van der Waals surface area contributed by atoms with Crippen LogP contribution in [0.4, 0.5) is 5.69 Å². The molecule has 0 radical (unpaired) electrons. The lowest BCUT2D eigenvalue weighted by molar-refractivity contribution is -0.115. The lowest BCUT2D eigenvalue weighted by atomic mass is 10.2. The van der Waals surface area contributed by atoms with E-state index in [9.17, 15) is 13.2 Å². The van der Waals surface area contributed by atoms with Crippen LogP contribution in [0.25, 0.3) is 12.2 Å². The molecule has 3 aromatic rings. The highest BCUT2D eigenvalue weighted by Crippen LogP contribution is 2.23. The first kappa shape index (κ1) is 21.5. The predicted molar refractivity (Wildman–Crippen MR) is 113 cm³/mol. The van der Waals surface area contributed by atoms with Gasteiger partial charge in [-0.2, -0.15) is 4.31 Å². The van der Waals surface area contributed by atoms with Crippen LogP contribution in [0.2, 0.25) is 0 Å². The molecule has 0 bridgehead atoms. The Kier molecular flexibility index (Phi) is 6.53. The number of furan rings is 1. The highest BCUT2D eigenvalue weighted by Gasteiger charge is 2.21. The Balaban J connectivity index is 1.74. The number of sulfonamides is 1. The number of hydrogen-bond acceptors (Lipinski definition) is 6. The first-order valence-corrected chi connectivity index (χ1v) is 10.8. The number of nitrogens with one attached hydrogen (secondary N) is 1. The smallest absolute Gasteiger partial charge is 0.243 e. The molecule has 2 heterocycles. The van der Waals surface area contributed by atoms with Crippen molar-refractivity contribution < 1.29 is 22.2 Å². The summed E-state index contributed by atoms with van der Waals surface area (Å²) in [5, 5.41) is 6.64. The van der Waals surface area contributed by atoms with Crippen molar-refractivity contribution in [2.45, 2.75) is 31.7 Å². The molecule has 0 aliphatic carbocycles. The van der Waals surface area contributed by atoms with Crippen molar-refractivity contribution in [3.63, 3.8) is 0 Å². The minimum Gasteiger partial charge on any atom is -0.468 e. The third kappa shape index (κ3) is 4.87. The number of nitrogens with zero attached hydrogens (tertiary/aromatic N) is 2. The fraction of sp³-hybridized carbons (Fsp3) is 0.238. The summed E-state index contributed by atoms with van der Waals surface area (Å²) in [6.45, 7) is 3.65. The number of amides is 1. The molecule has 1 N–H and O–H groups in total. The van der Waals surface area contributed by atoms with Gasteiger partial charge in [-0.05, 0) is 42.8 Å². The molecule has 0 spiro atoms. The van der Waals surface area contributed by atoms with Crippen molar-refractivity contribution in [1.29, 1.82) is 0 Å². The fourth-order valence-corrected chi connectivity index (χ4v) is 3.83. The SMILES string of the molecule is CCC(=O)Nc1c(C)noc1/C=C\c1ccc(S(=O)(=O)N(C)Cc2ccco2)cc1. The van der Waals surface area contributed by atoms with Gasteiger partial charge in [0.15, 0.2) is 5.76 Å². The van der Waals surface area contributed by atoms with E-state index >= 15 is 0 Å². The number of hydrogen-bond donors (Lipinski definition) is 1. The fourth-order valence-electron chi connectivity index (χ4n) is 2.69. The highest BCUT2D eigenvalue weighted by atomic mass is 32.2. The number of carbonyl (C=O) groups is 1. The summed E-state index contributed by atoms with van der Waals surface area (Å²) in [4.78, 5) is 11.9. The van der Waals surface area contributed by atoms with Crippen molar-refractivity contribution >= 4 is 33.8 Å². The van der Waals surface area contributed by atoms with E-state index in [0.717, 1.165) is 5.56 Å². The van der Waals surface area contributed by atoms with Gasteiger partial charge in [-0.3, -0.25) is 4.79 Å². The van der Waals surface area contributed by atoms with E-state index in [0.29, 0.717) is 29.3 Å². The molecule has 3 rings (SSSR count). The second-order valence-electron chi connectivity index (χ2n) is 6.65. The zero-order valence-electron chi connectivity index (χ0n) is 17.0. The molecule has 1 amide bonds. The molecule has 0 fully saturated rings. The number of carbonyl (C=O) groups excluding carboxylic acids is 1. The Morgan fingerprint density at radius 3 is 2.57 bits per heavy atom. The molecule has 0 aliphatic heterocycles. The van der Waals surface area contributed by atoms with Crippen LogP contribution in [0.1, 0.15) is 36.1 Å². The molecule has 0 unspecified atom stereocenters.